The standard InChI is InChI=1S/C12H16Cl2O/c13-9-11(10-14)5-4-8-15-12-6-2-1-3-7-12/h1-3,6-7,11H,4-5,8-10H2. The van der Waals surface area contributed by atoms with Gasteiger partial charge in [0.05, 0.1) is 6.61 Å². The van der Waals surface area contributed by atoms with Gasteiger partial charge in [0.25, 0.3) is 0 Å². The highest BCUT2D eigenvalue weighted by atomic mass is 35.5. The Balaban J connectivity index is 2.12. The molecule has 0 heterocycles. The Hall–Kier alpha value is -0.400. The maximum atomic E-state index is 5.74. The van der Waals surface area contributed by atoms with Crippen molar-refractivity contribution >= 4 is 23.2 Å². The Morgan fingerprint density at radius 3 is 2.33 bits per heavy atom. The summed E-state index contributed by atoms with van der Waals surface area (Å²) in [6.45, 7) is 0.730. The van der Waals surface area contributed by atoms with Crippen LogP contribution in [0.3, 0.4) is 0 Å². The highest BCUT2D eigenvalue weighted by Gasteiger charge is 2.04. The number of benzene rings is 1. The first kappa shape index (κ1) is 12.7. The molecule has 0 saturated heterocycles. The minimum atomic E-state index is 0.410. The SMILES string of the molecule is ClCC(CCl)CCCOc1ccccc1. The number of ether oxygens (including phenoxy) is 1. The van der Waals surface area contributed by atoms with Gasteiger partial charge in [-0.2, -0.15) is 0 Å². The van der Waals surface area contributed by atoms with E-state index >= 15 is 0 Å². The van der Waals surface area contributed by atoms with Crippen molar-refractivity contribution in [1.29, 1.82) is 0 Å². The molecular weight excluding hydrogens is 231 g/mol. The van der Waals surface area contributed by atoms with E-state index in [0.29, 0.717) is 17.7 Å². The van der Waals surface area contributed by atoms with Crippen molar-refractivity contribution in [2.24, 2.45) is 5.92 Å². The monoisotopic (exact) mass is 246 g/mol. The molecule has 1 aromatic rings. The van der Waals surface area contributed by atoms with Gasteiger partial charge in [0.2, 0.25) is 0 Å². The van der Waals surface area contributed by atoms with Crippen LogP contribution in [0.25, 0.3) is 0 Å². The zero-order chi connectivity index (χ0) is 10.9. The Kier molecular flexibility index (Phi) is 6.62. The molecule has 0 aromatic heterocycles. The van der Waals surface area contributed by atoms with Crippen LogP contribution < -0.4 is 4.74 Å². The molecule has 1 nitrogen and oxygen atoms in total. The van der Waals surface area contributed by atoms with Gasteiger partial charge in [0.15, 0.2) is 0 Å². The van der Waals surface area contributed by atoms with E-state index in [1.54, 1.807) is 0 Å². The van der Waals surface area contributed by atoms with Crippen LogP contribution >= 0.6 is 23.2 Å². The van der Waals surface area contributed by atoms with Crippen LogP contribution in [0.15, 0.2) is 30.3 Å². The number of alkyl halides is 2. The molecule has 0 aliphatic carbocycles. The summed E-state index contributed by atoms with van der Waals surface area (Å²) in [5.41, 5.74) is 0. The van der Waals surface area contributed by atoms with Gasteiger partial charge >= 0.3 is 0 Å². The Morgan fingerprint density at radius 1 is 1.07 bits per heavy atom. The van der Waals surface area contributed by atoms with Gasteiger partial charge in [-0.15, -0.1) is 23.2 Å². The normalized spacial score (nSPS) is 10.6. The van der Waals surface area contributed by atoms with E-state index in [4.69, 9.17) is 27.9 Å². The second kappa shape index (κ2) is 7.84. The minimum Gasteiger partial charge on any atom is -0.494 e. The summed E-state index contributed by atoms with van der Waals surface area (Å²) in [6.07, 6.45) is 2.03. The second-order valence-electron chi connectivity index (χ2n) is 3.48. The van der Waals surface area contributed by atoms with Gasteiger partial charge in [-0.25, -0.2) is 0 Å². The van der Waals surface area contributed by atoms with Crippen molar-refractivity contribution in [3.8, 4) is 5.75 Å². The predicted molar refractivity (Wildman–Crippen MR) is 66.1 cm³/mol. The summed E-state index contributed by atoms with van der Waals surface area (Å²) in [6, 6.07) is 9.83. The molecule has 0 aliphatic rings. The first-order chi connectivity index (χ1) is 7.36. The first-order valence-electron chi connectivity index (χ1n) is 5.16. The lowest BCUT2D eigenvalue weighted by Crippen LogP contribution is -2.07. The number of hydrogen-bond donors (Lipinski definition) is 0. The Labute approximate surface area is 101 Å². The number of para-hydroxylation sites is 1. The molecule has 0 amide bonds. The summed E-state index contributed by atoms with van der Waals surface area (Å²) in [7, 11) is 0. The molecule has 0 spiro atoms. The molecule has 1 aromatic carbocycles. The third kappa shape index (κ3) is 5.29. The van der Waals surface area contributed by atoms with Crippen LogP contribution in [0.5, 0.6) is 5.75 Å². The smallest absolute Gasteiger partial charge is 0.119 e. The minimum absolute atomic E-state index is 0.410. The zero-order valence-electron chi connectivity index (χ0n) is 8.66. The van der Waals surface area contributed by atoms with Crippen molar-refractivity contribution in [3.63, 3.8) is 0 Å². The molecule has 84 valence electrons. The van der Waals surface area contributed by atoms with Crippen LogP contribution in [0.1, 0.15) is 12.8 Å². The maximum Gasteiger partial charge on any atom is 0.119 e. The molecule has 0 N–H and O–H groups in total. The number of hydrogen-bond acceptors (Lipinski definition) is 1. The van der Waals surface area contributed by atoms with Crippen LogP contribution in [0, 0.1) is 5.92 Å². The molecule has 3 heteroatoms. The fourth-order valence-electron chi connectivity index (χ4n) is 1.27. The predicted octanol–water partition coefficient (Wildman–Crippen LogP) is 3.94. The topological polar surface area (TPSA) is 9.23 Å². The Morgan fingerprint density at radius 2 is 1.73 bits per heavy atom. The maximum absolute atomic E-state index is 5.74. The summed E-state index contributed by atoms with van der Waals surface area (Å²) >= 11 is 11.5. The van der Waals surface area contributed by atoms with Gasteiger partial charge in [0, 0.05) is 11.8 Å². The van der Waals surface area contributed by atoms with Crippen molar-refractivity contribution in [2.75, 3.05) is 18.4 Å². The molecule has 0 fully saturated rings. The van der Waals surface area contributed by atoms with Gasteiger partial charge in [-0.3, -0.25) is 0 Å². The summed E-state index contributed by atoms with van der Waals surface area (Å²) in [5.74, 6) is 2.60. The highest BCUT2D eigenvalue weighted by molar-refractivity contribution is 6.20. The van der Waals surface area contributed by atoms with Gasteiger partial charge in [-0.05, 0) is 30.9 Å². The second-order valence-corrected chi connectivity index (χ2v) is 4.10. The molecule has 0 saturated carbocycles. The quantitative estimate of drug-likeness (QED) is 0.523. The van der Waals surface area contributed by atoms with Crippen molar-refractivity contribution in [3.05, 3.63) is 30.3 Å². The summed E-state index contributed by atoms with van der Waals surface area (Å²) in [4.78, 5) is 0. The van der Waals surface area contributed by atoms with Crippen LogP contribution in [-0.2, 0) is 0 Å². The van der Waals surface area contributed by atoms with E-state index in [2.05, 4.69) is 0 Å². The van der Waals surface area contributed by atoms with Crippen molar-refractivity contribution in [2.45, 2.75) is 12.8 Å². The third-order valence-electron chi connectivity index (χ3n) is 2.21. The van der Waals surface area contributed by atoms with Crippen LogP contribution in [-0.4, -0.2) is 18.4 Å². The lowest BCUT2D eigenvalue weighted by molar-refractivity contribution is 0.298. The fourth-order valence-corrected chi connectivity index (χ4v) is 1.91. The van der Waals surface area contributed by atoms with Gasteiger partial charge in [-0.1, -0.05) is 18.2 Å². The molecule has 0 radical (unpaired) electrons. The van der Waals surface area contributed by atoms with E-state index in [0.717, 1.165) is 25.2 Å². The lowest BCUT2D eigenvalue weighted by Gasteiger charge is -2.10. The molecule has 1 rings (SSSR count). The van der Waals surface area contributed by atoms with Gasteiger partial charge in [0.1, 0.15) is 5.75 Å². The average molecular weight is 247 g/mol. The highest BCUT2D eigenvalue weighted by Crippen LogP contribution is 2.13. The van der Waals surface area contributed by atoms with Crippen molar-refractivity contribution in [1.82, 2.24) is 0 Å². The lowest BCUT2D eigenvalue weighted by atomic mass is 10.1. The van der Waals surface area contributed by atoms with E-state index in [1.165, 1.54) is 0 Å². The zero-order valence-corrected chi connectivity index (χ0v) is 10.2. The van der Waals surface area contributed by atoms with E-state index in [1.807, 2.05) is 30.3 Å². The number of halogens is 2. The fraction of sp³-hybridized carbons (Fsp3) is 0.500. The average Bonchev–Trinajstić information content (AvgIpc) is 2.31. The molecule has 0 atom stereocenters. The number of rotatable bonds is 7. The van der Waals surface area contributed by atoms with Gasteiger partial charge < -0.3 is 4.74 Å². The first-order valence-corrected chi connectivity index (χ1v) is 6.23. The van der Waals surface area contributed by atoms with Crippen LogP contribution in [0.2, 0.25) is 0 Å². The van der Waals surface area contributed by atoms with Crippen LogP contribution in [0.4, 0.5) is 0 Å². The molecular formula is C12H16Cl2O. The molecule has 0 unspecified atom stereocenters. The van der Waals surface area contributed by atoms with E-state index < -0.39 is 0 Å². The summed E-state index contributed by atoms with van der Waals surface area (Å²) in [5, 5.41) is 0. The molecule has 0 bridgehead atoms. The third-order valence-corrected chi connectivity index (χ3v) is 3.08. The summed E-state index contributed by atoms with van der Waals surface area (Å²) < 4.78 is 5.56. The van der Waals surface area contributed by atoms with E-state index in [9.17, 15) is 0 Å². The van der Waals surface area contributed by atoms with E-state index in [-0.39, 0.29) is 0 Å². The molecule has 15 heavy (non-hydrogen) atoms. The van der Waals surface area contributed by atoms with Crippen molar-refractivity contribution < 1.29 is 4.74 Å². The Bertz CT molecular complexity index is 247. The largest absolute Gasteiger partial charge is 0.494 e. The molecule has 0 aliphatic heterocycles.